The van der Waals surface area contributed by atoms with Crippen molar-refractivity contribution >= 4 is 45.6 Å². The van der Waals surface area contributed by atoms with Crippen LogP contribution in [-0.4, -0.2) is 17.9 Å². The minimum atomic E-state index is -0.649. The van der Waals surface area contributed by atoms with E-state index in [0.29, 0.717) is 16.3 Å². The third-order valence-electron chi connectivity index (χ3n) is 4.45. The van der Waals surface area contributed by atoms with Crippen molar-refractivity contribution in [3.8, 4) is 0 Å². The van der Waals surface area contributed by atoms with Gasteiger partial charge in [0.25, 0.3) is 5.91 Å². The normalized spacial score (nSPS) is 14.0. The molecule has 1 unspecified atom stereocenters. The fourth-order valence-corrected chi connectivity index (χ4v) is 3.44. The van der Waals surface area contributed by atoms with Crippen LogP contribution < -0.4 is 10.2 Å². The van der Waals surface area contributed by atoms with E-state index >= 15 is 0 Å². The third kappa shape index (κ3) is 2.55. The first-order chi connectivity index (χ1) is 12.1. The van der Waals surface area contributed by atoms with Crippen LogP contribution in [0.3, 0.4) is 0 Å². The lowest BCUT2D eigenvalue weighted by atomic mass is 10.1. The average Bonchev–Trinajstić information content (AvgIpc) is 2.89. The number of hydrogen-bond acceptors (Lipinski definition) is 2. The largest absolute Gasteiger partial charge is 0.324 e. The molecule has 0 bridgehead atoms. The number of carbonyl (C=O) groups excluding carboxylic acids is 2. The Hall–Kier alpha value is -2.85. The van der Waals surface area contributed by atoms with Gasteiger partial charge < -0.3 is 5.32 Å². The Morgan fingerprint density at radius 2 is 1.80 bits per heavy atom. The maximum absolute atomic E-state index is 12.9. The Morgan fingerprint density at radius 1 is 1.08 bits per heavy atom. The number of anilines is 2. The lowest BCUT2D eigenvalue weighted by Gasteiger charge is -2.24. The van der Waals surface area contributed by atoms with Crippen LogP contribution in [0.25, 0.3) is 10.8 Å². The quantitative estimate of drug-likeness (QED) is 0.757. The number of benzene rings is 3. The van der Waals surface area contributed by atoms with Crippen molar-refractivity contribution in [1.29, 1.82) is 0 Å². The van der Waals surface area contributed by atoms with E-state index in [-0.39, 0.29) is 11.8 Å². The summed E-state index contributed by atoms with van der Waals surface area (Å²) in [5.74, 6) is -0.416. The van der Waals surface area contributed by atoms with Crippen molar-refractivity contribution in [3.05, 3.63) is 71.2 Å². The summed E-state index contributed by atoms with van der Waals surface area (Å²) in [6.45, 7) is 1.72. The van der Waals surface area contributed by atoms with Crippen molar-refractivity contribution in [3.63, 3.8) is 0 Å². The Bertz CT molecular complexity index is 1010. The van der Waals surface area contributed by atoms with Crippen LogP contribution in [0.15, 0.2) is 60.7 Å². The van der Waals surface area contributed by atoms with E-state index in [0.717, 1.165) is 16.5 Å². The third-order valence-corrected chi connectivity index (χ3v) is 4.69. The molecule has 3 aromatic carbocycles. The predicted molar refractivity (Wildman–Crippen MR) is 100 cm³/mol. The molecule has 0 radical (unpaired) electrons. The zero-order valence-electron chi connectivity index (χ0n) is 13.5. The van der Waals surface area contributed by atoms with Gasteiger partial charge in [0, 0.05) is 21.7 Å². The Morgan fingerprint density at radius 3 is 2.56 bits per heavy atom. The maximum Gasteiger partial charge on any atom is 0.259 e. The summed E-state index contributed by atoms with van der Waals surface area (Å²) < 4.78 is 0. The summed E-state index contributed by atoms with van der Waals surface area (Å²) in [5.41, 5.74) is 2.01. The maximum atomic E-state index is 12.9. The molecular weight excluding hydrogens is 336 g/mol. The standard InChI is InChI=1S/C20H15ClN2O2/c1-12(19(24)22-15-8-4-7-14(21)11-15)23-17-10-3-6-13-5-2-9-16(18(13)17)20(23)25/h2-12H,1H3,(H,22,24). The summed E-state index contributed by atoms with van der Waals surface area (Å²) in [4.78, 5) is 27.1. The summed E-state index contributed by atoms with van der Waals surface area (Å²) >= 11 is 5.96. The Balaban J connectivity index is 1.67. The highest BCUT2D eigenvalue weighted by molar-refractivity contribution is 6.31. The van der Waals surface area contributed by atoms with Crippen LogP contribution in [0, 0.1) is 0 Å². The van der Waals surface area contributed by atoms with Crippen molar-refractivity contribution < 1.29 is 9.59 Å². The highest BCUT2D eigenvalue weighted by atomic mass is 35.5. The second kappa shape index (κ2) is 5.90. The van der Waals surface area contributed by atoms with Crippen molar-refractivity contribution in [1.82, 2.24) is 0 Å². The lowest BCUT2D eigenvalue weighted by molar-refractivity contribution is -0.117. The molecule has 124 valence electrons. The molecule has 3 aromatic rings. The van der Waals surface area contributed by atoms with Gasteiger partial charge in [0.1, 0.15) is 6.04 Å². The van der Waals surface area contributed by atoms with Crippen molar-refractivity contribution in [2.45, 2.75) is 13.0 Å². The van der Waals surface area contributed by atoms with Crippen LogP contribution in [0.1, 0.15) is 17.3 Å². The molecule has 0 saturated carbocycles. The van der Waals surface area contributed by atoms with Gasteiger partial charge in [0.2, 0.25) is 5.91 Å². The number of rotatable bonds is 3. The Labute approximate surface area is 150 Å². The molecule has 0 aromatic heterocycles. The summed E-state index contributed by atoms with van der Waals surface area (Å²) in [7, 11) is 0. The first-order valence-corrected chi connectivity index (χ1v) is 8.36. The zero-order valence-corrected chi connectivity index (χ0v) is 14.2. The SMILES string of the molecule is CC(C(=O)Nc1cccc(Cl)c1)N1C(=O)c2cccc3cccc1c23. The fourth-order valence-electron chi connectivity index (χ4n) is 3.25. The molecule has 2 amide bonds. The van der Waals surface area contributed by atoms with E-state index in [2.05, 4.69) is 5.32 Å². The number of nitrogens with one attached hydrogen (secondary N) is 1. The van der Waals surface area contributed by atoms with Crippen molar-refractivity contribution in [2.75, 3.05) is 10.2 Å². The minimum absolute atomic E-state index is 0.152. The minimum Gasteiger partial charge on any atom is -0.324 e. The van der Waals surface area contributed by atoms with Crippen LogP contribution in [0.4, 0.5) is 11.4 Å². The Kier molecular flexibility index (Phi) is 3.70. The monoisotopic (exact) mass is 350 g/mol. The summed E-state index contributed by atoms with van der Waals surface area (Å²) in [5, 5.41) is 5.26. The molecule has 0 aliphatic carbocycles. The molecule has 4 nitrogen and oxygen atoms in total. The lowest BCUT2D eigenvalue weighted by Crippen LogP contribution is -2.44. The molecular formula is C20H15ClN2O2. The smallest absolute Gasteiger partial charge is 0.259 e. The van der Waals surface area contributed by atoms with Crippen LogP contribution in [0.5, 0.6) is 0 Å². The van der Waals surface area contributed by atoms with E-state index in [9.17, 15) is 9.59 Å². The summed E-state index contributed by atoms with van der Waals surface area (Å²) in [6.07, 6.45) is 0. The van der Waals surface area contributed by atoms with Gasteiger partial charge >= 0.3 is 0 Å². The van der Waals surface area contributed by atoms with Gasteiger partial charge in [0.05, 0.1) is 5.69 Å². The van der Waals surface area contributed by atoms with Gasteiger partial charge in [-0.25, -0.2) is 0 Å². The number of halogens is 1. The molecule has 25 heavy (non-hydrogen) atoms. The molecule has 1 aliphatic heterocycles. The van der Waals surface area contributed by atoms with E-state index in [4.69, 9.17) is 11.6 Å². The van der Waals surface area contributed by atoms with E-state index in [1.165, 1.54) is 0 Å². The molecule has 1 aliphatic rings. The number of carbonyl (C=O) groups is 2. The topological polar surface area (TPSA) is 49.4 Å². The van der Waals surface area contributed by atoms with E-state index in [1.54, 1.807) is 42.2 Å². The molecule has 5 heteroatoms. The van der Waals surface area contributed by atoms with Gasteiger partial charge in [-0.2, -0.15) is 0 Å². The number of amides is 2. The van der Waals surface area contributed by atoms with E-state index in [1.807, 2.05) is 30.3 Å². The second-order valence-electron chi connectivity index (χ2n) is 6.03. The average molecular weight is 351 g/mol. The zero-order chi connectivity index (χ0) is 17.6. The number of hydrogen-bond donors (Lipinski definition) is 1. The first kappa shape index (κ1) is 15.7. The molecule has 1 atom stereocenters. The van der Waals surface area contributed by atoms with Gasteiger partial charge in [-0.05, 0) is 42.6 Å². The molecule has 1 heterocycles. The van der Waals surface area contributed by atoms with Crippen LogP contribution >= 0.6 is 11.6 Å². The predicted octanol–water partition coefficient (Wildman–Crippen LogP) is 4.48. The first-order valence-electron chi connectivity index (χ1n) is 7.98. The number of nitrogens with zero attached hydrogens (tertiary/aromatic N) is 1. The highest BCUT2D eigenvalue weighted by Gasteiger charge is 2.35. The van der Waals surface area contributed by atoms with Gasteiger partial charge in [-0.15, -0.1) is 0 Å². The summed E-state index contributed by atoms with van der Waals surface area (Å²) in [6, 6.07) is 17.7. The molecule has 0 saturated heterocycles. The molecule has 0 spiro atoms. The fraction of sp³-hybridized carbons (Fsp3) is 0.100. The van der Waals surface area contributed by atoms with Crippen molar-refractivity contribution in [2.24, 2.45) is 0 Å². The van der Waals surface area contributed by atoms with E-state index < -0.39 is 6.04 Å². The van der Waals surface area contributed by atoms with Gasteiger partial charge in [-0.1, -0.05) is 41.9 Å². The molecule has 1 N–H and O–H groups in total. The van der Waals surface area contributed by atoms with Crippen LogP contribution in [0.2, 0.25) is 5.02 Å². The second-order valence-corrected chi connectivity index (χ2v) is 6.47. The van der Waals surface area contributed by atoms with Gasteiger partial charge in [-0.3, -0.25) is 14.5 Å². The van der Waals surface area contributed by atoms with Gasteiger partial charge in [0.15, 0.2) is 0 Å². The highest BCUT2D eigenvalue weighted by Crippen LogP contribution is 2.38. The molecule has 4 rings (SSSR count). The molecule has 0 fully saturated rings. The van der Waals surface area contributed by atoms with Crippen LogP contribution in [-0.2, 0) is 4.79 Å².